The fourth-order valence-corrected chi connectivity index (χ4v) is 2.99. The van der Waals surface area contributed by atoms with Crippen molar-refractivity contribution in [3.05, 3.63) is 35.4 Å². The molecule has 0 saturated heterocycles. The van der Waals surface area contributed by atoms with Crippen LogP contribution in [0.1, 0.15) is 50.2 Å². The molecule has 1 aliphatic rings. The molecule has 0 aromatic heterocycles. The van der Waals surface area contributed by atoms with Gasteiger partial charge in [-0.1, -0.05) is 25.0 Å². The van der Waals surface area contributed by atoms with E-state index in [1.54, 1.807) is 0 Å². The molecule has 0 radical (unpaired) electrons. The molecule has 0 heterocycles. The van der Waals surface area contributed by atoms with E-state index in [0.29, 0.717) is 18.0 Å². The van der Waals surface area contributed by atoms with Gasteiger partial charge in [0.2, 0.25) is 5.91 Å². The maximum absolute atomic E-state index is 12.3. The molecular formula is C17H22N2O. The molecule has 0 spiro atoms. The molecule has 1 fully saturated rings. The Labute approximate surface area is 121 Å². The van der Waals surface area contributed by atoms with Crippen LogP contribution < -0.4 is 0 Å². The number of nitrogens with zero attached hydrogens (tertiary/aromatic N) is 2. The predicted octanol–water partition coefficient (Wildman–Crippen LogP) is 3.28. The molecule has 1 aromatic carbocycles. The highest BCUT2D eigenvalue weighted by atomic mass is 16.2. The number of nitriles is 1. The summed E-state index contributed by atoms with van der Waals surface area (Å²) in [5.41, 5.74) is 1.79. The van der Waals surface area contributed by atoms with Crippen molar-refractivity contribution in [2.24, 2.45) is 0 Å². The number of rotatable bonds is 5. The average molecular weight is 270 g/mol. The summed E-state index contributed by atoms with van der Waals surface area (Å²) >= 11 is 0. The number of benzene rings is 1. The number of hydrogen-bond acceptors (Lipinski definition) is 2. The zero-order chi connectivity index (χ0) is 14.4. The maximum atomic E-state index is 12.3. The topological polar surface area (TPSA) is 44.1 Å². The van der Waals surface area contributed by atoms with Gasteiger partial charge in [-0.3, -0.25) is 4.79 Å². The summed E-state index contributed by atoms with van der Waals surface area (Å²) in [6.07, 6.45) is 6.16. The van der Waals surface area contributed by atoms with E-state index >= 15 is 0 Å². The lowest BCUT2D eigenvalue weighted by molar-refractivity contribution is -0.133. The standard InChI is InChI=1S/C17H22N2O/c1-2-19(16-5-3-4-6-16)17(20)12-11-14-7-9-15(13-18)10-8-14/h7-10,16H,2-6,11-12H2,1H3. The van der Waals surface area contributed by atoms with Crippen LogP contribution in [-0.2, 0) is 11.2 Å². The Balaban J connectivity index is 1.88. The van der Waals surface area contributed by atoms with Crippen LogP contribution >= 0.6 is 0 Å². The van der Waals surface area contributed by atoms with E-state index < -0.39 is 0 Å². The van der Waals surface area contributed by atoms with Crippen molar-refractivity contribution in [2.45, 2.75) is 51.5 Å². The predicted molar refractivity (Wildman–Crippen MR) is 79.1 cm³/mol. The molecular weight excluding hydrogens is 248 g/mol. The minimum atomic E-state index is 0.267. The second-order valence-corrected chi connectivity index (χ2v) is 5.43. The SMILES string of the molecule is CCN(C(=O)CCc1ccc(C#N)cc1)C1CCCC1. The molecule has 0 aliphatic heterocycles. The van der Waals surface area contributed by atoms with Crippen molar-refractivity contribution in [3.63, 3.8) is 0 Å². The quantitative estimate of drug-likeness (QED) is 0.824. The van der Waals surface area contributed by atoms with Crippen LogP contribution in [0.25, 0.3) is 0 Å². The van der Waals surface area contributed by atoms with Crippen LogP contribution in [0.3, 0.4) is 0 Å². The van der Waals surface area contributed by atoms with E-state index in [0.717, 1.165) is 31.4 Å². The lowest BCUT2D eigenvalue weighted by Gasteiger charge is -2.27. The average Bonchev–Trinajstić information content (AvgIpc) is 3.00. The second-order valence-electron chi connectivity index (χ2n) is 5.43. The summed E-state index contributed by atoms with van der Waals surface area (Å²) in [6.45, 7) is 2.88. The highest BCUT2D eigenvalue weighted by Crippen LogP contribution is 2.24. The second kappa shape index (κ2) is 7.09. The van der Waals surface area contributed by atoms with Gasteiger partial charge in [0, 0.05) is 19.0 Å². The van der Waals surface area contributed by atoms with Gasteiger partial charge in [0.25, 0.3) is 0 Å². The number of amides is 1. The van der Waals surface area contributed by atoms with Crippen molar-refractivity contribution in [2.75, 3.05) is 6.54 Å². The van der Waals surface area contributed by atoms with Crippen molar-refractivity contribution in [3.8, 4) is 6.07 Å². The molecule has 106 valence electrons. The highest BCUT2D eigenvalue weighted by molar-refractivity contribution is 5.76. The van der Waals surface area contributed by atoms with E-state index in [-0.39, 0.29) is 5.91 Å². The molecule has 0 bridgehead atoms. The maximum Gasteiger partial charge on any atom is 0.223 e. The summed E-state index contributed by atoms with van der Waals surface area (Å²) in [7, 11) is 0. The molecule has 20 heavy (non-hydrogen) atoms. The third-order valence-electron chi connectivity index (χ3n) is 4.14. The van der Waals surface area contributed by atoms with Gasteiger partial charge in [0.15, 0.2) is 0 Å². The van der Waals surface area contributed by atoms with Gasteiger partial charge in [-0.2, -0.15) is 5.26 Å². The normalized spacial score (nSPS) is 15.0. The monoisotopic (exact) mass is 270 g/mol. The number of carbonyl (C=O) groups is 1. The minimum Gasteiger partial charge on any atom is -0.340 e. The molecule has 1 amide bonds. The van der Waals surface area contributed by atoms with Crippen LogP contribution in [0.4, 0.5) is 0 Å². The number of carbonyl (C=O) groups excluding carboxylic acids is 1. The van der Waals surface area contributed by atoms with E-state index in [1.807, 2.05) is 24.3 Å². The van der Waals surface area contributed by atoms with Gasteiger partial charge in [0.1, 0.15) is 0 Å². The summed E-state index contributed by atoms with van der Waals surface area (Å²) in [6, 6.07) is 10.1. The van der Waals surface area contributed by atoms with Gasteiger partial charge in [-0.25, -0.2) is 0 Å². The first-order valence-corrected chi connectivity index (χ1v) is 7.53. The summed E-state index contributed by atoms with van der Waals surface area (Å²) < 4.78 is 0. The van der Waals surface area contributed by atoms with Gasteiger partial charge >= 0.3 is 0 Å². The minimum absolute atomic E-state index is 0.267. The first kappa shape index (κ1) is 14.6. The van der Waals surface area contributed by atoms with Gasteiger partial charge in [-0.15, -0.1) is 0 Å². The molecule has 3 nitrogen and oxygen atoms in total. The fourth-order valence-electron chi connectivity index (χ4n) is 2.99. The van der Waals surface area contributed by atoms with Crippen molar-refractivity contribution in [1.82, 2.24) is 4.90 Å². The molecule has 0 unspecified atom stereocenters. The van der Waals surface area contributed by atoms with Crippen molar-refractivity contribution >= 4 is 5.91 Å². The van der Waals surface area contributed by atoms with Crippen LogP contribution in [0.5, 0.6) is 0 Å². The zero-order valence-corrected chi connectivity index (χ0v) is 12.1. The summed E-state index contributed by atoms with van der Waals surface area (Å²) in [4.78, 5) is 14.4. The van der Waals surface area contributed by atoms with Gasteiger partial charge in [0.05, 0.1) is 11.6 Å². The third kappa shape index (κ3) is 3.60. The van der Waals surface area contributed by atoms with Crippen LogP contribution in [0.2, 0.25) is 0 Å². The van der Waals surface area contributed by atoms with Gasteiger partial charge < -0.3 is 4.90 Å². The molecule has 0 N–H and O–H groups in total. The number of aryl methyl sites for hydroxylation is 1. The van der Waals surface area contributed by atoms with Crippen LogP contribution in [0, 0.1) is 11.3 Å². The van der Waals surface area contributed by atoms with E-state index in [4.69, 9.17) is 5.26 Å². The first-order valence-electron chi connectivity index (χ1n) is 7.53. The smallest absolute Gasteiger partial charge is 0.223 e. The summed E-state index contributed by atoms with van der Waals surface area (Å²) in [5.74, 6) is 0.267. The Morgan fingerprint density at radius 2 is 1.95 bits per heavy atom. The van der Waals surface area contributed by atoms with Crippen molar-refractivity contribution in [1.29, 1.82) is 5.26 Å². The summed E-state index contributed by atoms with van der Waals surface area (Å²) in [5, 5.41) is 8.76. The largest absolute Gasteiger partial charge is 0.340 e. The zero-order valence-electron chi connectivity index (χ0n) is 12.1. The van der Waals surface area contributed by atoms with Crippen LogP contribution in [0.15, 0.2) is 24.3 Å². The third-order valence-corrected chi connectivity index (χ3v) is 4.14. The lowest BCUT2D eigenvalue weighted by Crippen LogP contribution is -2.38. The fraction of sp³-hybridized carbons (Fsp3) is 0.529. The molecule has 1 aromatic rings. The Hall–Kier alpha value is -1.82. The van der Waals surface area contributed by atoms with E-state index in [9.17, 15) is 4.79 Å². The van der Waals surface area contributed by atoms with Crippen molar-refractivity contribution < 1.29 is 4.79 Å². The van der Waals surface area contributed by atoms with Crippen LogP contribution in [-0.4, -0.2) is 23.4 Å². The molecule has 2 rings (SSSR count). The first-order chi connectivity index (χ1) is 9.74. The Kier molecular flexibility index (Phi) is 5.17. The lowest BCUT2D eigenvalue weighted by atomic mass is 10.1. The van der Waals surface area contributed by atoms with E-state index in [1.165, 1.54) is 12.8 Å². The molecule has 3 heteroatoms. The molecule has 1 aliphatic carbocycles. The number of hydrogen-bond donors (Lipinski definition) is 0. The Bertz CT molecular complexity index is 481. The van der Waals surface area contributed by atoms with Gasteiger partial charge in [-0.05, 0) is 43.9 Å². The Morgan fingerprint density at radius 1 is 1.30 bits per heavy atom. The molecule has 1 saturated carbocycles. The highest BCUT2D eigenvalue weighted by Gasteiger charge is 2.24. The Morgan fingerprint density at radius 3 is 2.50 bits per heavy atom. The van der Waals surface area contributed by atoms with E-state index in [2.05, 4.69) is 17.9 Å². The molecule has 0 atom stereocenters.